The minimum Gasteiger partial charge on any atom is -0.490 e. The Hall–Kier alpha value is -2.92. The van der Waals surface area contributed by atoms with Gasteiger partial charge in [-0.25, -0.2) is 5.01 Å². The quantitative estimate of drug-likeness (QED) is 0.308. The van der Waals surface area contributed by atoms with Gasteiger partial charge in [-0.15, -0.1) is 0 Å². The van der Waals surface area contributed by atoms with Gasteiger partial charge in [0, 0.05) is 37.3 Å². The summed E-state index contributed by atoms with van der Waals surface area (Å²) in [6.07, 6.45) is 4.03. The average molecular weight is 605 g/mol. The first-order valence-electron chi connectivity index (χ1n) is 9.61. The highest BCUT2D eigenvalue weighted by atomic mass is 127. The zero-order chi connectivity index (χ0) is 22.7. The van der Waals surface area contributed by atoms with E-state index >= 15 is 0 Å². The van der Waals surface area contributed by atoms with E-state index in [9.17, 15) is 9.59 Å². The molecule has 162 valence electrons. The second-order valence-electron chi connectivity index (χ2n) is 6.87. The lowest BCUT2D eigenvalue weighted by atomic mass is 10.0. The summed E-state index contributed by atoms with van der Waals surface area (Å²) < 4.78 is 7.34. The van der Waals surface area contributed by atoms with Crippen molar-refractivity contribution >= 4 is 56.0 Å². The number of benzene rings is 2. The molecule has 32 heavy (non-hydrogen) atoms. The Morgan fingerprint density at radius 3 is 2.78 bits per heavy atom. The van der Waals surface area contributed by atoms with Crippen LogP contribution in [0.25, 0.3) is 0 Å². The van der Waals surface area contributed by atoms with Crippen LogP contribution < -0.4 is 15.5 Å². The fraction of sp³-hybridized carbons (Fsp3) is 0.0870. The minimum absolute atomic E-state index is 0.325. The molecule has 2 N–H and O–H groups in total. The average Bonchev–Trinajstić information content (AvgIpc) is 2.81. The molecule has 2 aromatic carbocycles. The van der Waals surface area contributed by atoms with Gasteiger partial charge in [-0.3, -0.25) is 20.0 Å². The normalized spacial score (nSPS) is 14.9. The van der Waals surface area contributed by atoms with Crippen molar-refractivity contribution < 1.29 is 14.3 Å². The van der Waals surface area contributed by atoms with Gasteiger partial charge in [0.2, 0.25) is 0 Å². The predicted molar refractivity (Wildman–Crippen MR) is 133 cm³/mol. The number of nitrogens with one attached hydrogen (secondary N) is 2. The van der Waals surface area contributed by atoms with Crippen molar-refractivity contribution in [3.05, 3.63) is 98.3 Å². The van der Waals surface area contributed by atoms with Gasteiger partial charge in [-0.1, -0.05) is 28.6 Å². The zero-order valence-corrected chi connectivity index (χ0v) is 20.5. The Kier molecular flexibility index (Phi) is 6.75. The number of halogens is 2. The molecule has 0 unspecified atom stereocenters. The molecular weight excluding hydrogens is 587 g/mol. The summed E-state index contributed by atoms with van der Waals surface area (Å²) in [7, 11) is 0. The summed E-state index contributed by atoms with van der Waals surface area (Å²) in [5.41, 5.74) is 5.02. The first-order chi connectivity index (χ1) is 15.5. The van der Waals surface area contributed by atoms with Crippen molar-refractivity contribution in [2.24, 2.45) is 0 Å². The fourth-order valence-corrected chi connectivity index (χ4v) is 4.22. The third-order valence-corrected chi connectivity index (χ3v) is 6.17. The van der Waals surface area contributed by atoms with Gasteiger partial charge in [-0.05, 0) is 71.1 Å². The van der Waals surface area contributed by atoms with Crippen LogP contribution in [-0.4, -0.2) is 28.4 Å². The molecule has 1 atom stereocenters. The highest BCUT2D eigenvalue weighted by Crippen LogP contribution is 2.37. The molecule has 0 aliphatic carbocycles. The van der Waals surface area contributed by atoms with Crippen LogP contribution >= 0.6 is 38.5 Å². The maximum absolute atomic E-state index is 13.5. The number of anilines is 1. The summed E-state index contributed by atoms with van der Waals surface area (Å²) >= 11 is 5.72. The highest BCUT2D eigenvalue weighted by molar-refractivity contribution is 14.1. The van der Waals surface area contributed by atoms with Crippen molar-refractivity contribution in [1.82, 2.24) is 15.4 Å². The minimum atomic E-state index is -0.678. The number of nitrogens with zero attached hydrogens (tertiary/aromatic N) is 2. The standard InChI is InChI=1S/C23H18BrIN4O3/c1-2-11-32-16-4-5-19(24)17(13-16)21-27-20-6-3-15(25)12-18(20)23(31)29(21)28-22(30)14-7-9-26-10-8-14/h2-10,12-13,21,27H,1,11H2,(H,28,30)/t21-/m0/s1. The van der Waals surface area contributed by atoms with Crippen molar-refractivity contribution in [3.63, 3.8) is 0 Å². The summed E-state index contributed by atoms with van der Waals surface area (Å²) in [5, 5.41) is 4.68. The lowest BCUT2D eigenvalue weighted by Crippen LogP contribution is -2.53. The second-order valence-corrected chi connectivity index (χ2v) is 8.97. The topological polar surface area (TPSA) is 83.6 Å². The molecule has 0 radical (unpaired) electrons. The first-order valence-corrected chi connectivity index (χ1v) is 11.5. The first kappa shape index (κ1) is 22.3. The van der Waals surface area contributed by atoms with E-state index in [1.165, 1.54) is 17.4 Å². The van der Waals surface area contributed by atoms with Gasteiger partial charge in [0.25, 0.3) is 11.8 Å². The van der Waals surface area contributed by atoms with Crippen LogP contribution in [0.2, 0.25) is 0 Å². The van der Waals surface area contributed by atoms with E-state index in [-0.39, 0.29) is 5.91 Å². The molecule has 3 aromatic rings. The van der Waals surface area contributed by atoms with E-state index in [1.54, 1.807) is 24.3 Å². The van der Waals surface area contributed by atoms with Gasteiger partial charge in [-0.2, -0.15) is 0 Å². The molecule has 2 amide bonds. The molecule has 0 saturated carbocycles. The number of hydrogen-bond acceptors (Lipinski definition) is 5. The predicted octanol–water partition coefficient (Wildman–Crippen LogP) is 4.93. The lowest BCUT2D eigenvalue weighted by Gasteiger charge is -2.38. The van der Waals surface area contributed by atoms with Gasteiger partial charge in [0.15, 0.2) is 0 Å². The number of carbonyl (C=O) groups excluding carboxylic acids is 2. The molecule has 0 fully saturated rings. The molecule has 0 spiro atoms. The van der Waals surface area contributed by atoms with Gasteiger partial charge in [0.05, 0.1) is 5.56 Å². The van der Waals surface area contributed by atoms with Crippen LogP contribution in [0.3, 0.4) is 0 Å². The van der Waals surface area contributed by atoms with E-state index in [0.717, 1.165) is 13.6 Å². The molecule has 1 aromatic heterocycles. The maximum atomic E-state index is 13.5. The molecular formula is C23H18BrIN4O3. The van der Waals surface area contributed by atoms with Crippen LogP contribution in [0.1, 0.15) is 32.4 Å². The number of amides is 2. The second kappa shape index (κ2) is 9.70. The third kappa shape index (κ3) is 4.63. The molecule has 9 heteroatoms. The Bertz CT molecular complexity index is 1190. The van der Waals surface area contributed by atoms with Crippen molar-refractivity contribution in [3.8, 4) is 5.75 Å². The number of ether oxygens (including phenoxy) is 1. The molecule has 2 heterocycles. The van der Waals surface area contributed by atoms with Crippen LogP contribution in [0.5, 0.6) is 5.75 Å². The third-order valence-electron chi connectivity index (χ3n) is 4.78. The maximum Gasteiger partial charge on any atom is 0.276 e. The number of carbonyl (C=O) groups is 2. The Labute approximate surface area is 207 Å². The molecule has 0 saturated heterocycles. The summed E-state index contributed by atoms with van der Waals surface area (Å²) in [4.78, 5) is 30.3. The number of rotatable bonds is 6. The smallest absolute Gasteiger partial charge is 0.276 e. The van der Waals surface area contributed by atoms with E-state index in [4.69, 9.17) is 4.74 Å². The fourth-order valence-electron chi connectivity index (χ4n) is 3.26. The molecule has 1 aliphatic rings. The SMILES string of the molecule is C=CCOc1ccc(Br)c([C@H]2Nc3ccc(I)cc3C(=O)N2NC(=O)c2ccncc2)c1. The van der Waals surface area contributed by atoms with E-state index in [2.05, 4.69) is 60.8 Å². The van der Waals surface area contributed by atoms with Crippen molar-refractivity contribution in [1.29, 1.82) is 0 Å². The van der Waals surface area contributed by atoms with Crippen LogP contribution in [-0.2, 0) is 0 Å². The largest absolute Gasteiger partial charge is 0.490 e. The summed E-state index contributed by atoms with van der Waals surface area (Å²) in [6, 6.07) is 14.2. The number of pyridine rings is 1. The van der Waals surface area contributed by atoms with Crippen molar-refractivity contribution in [2.45, 2.75) is 6.17 Å². The van der Waals surface area contributed by atoms with Gasteiger partial charge >= 0.3 is 0 Å². The number of hydrazine groups is 1. The summed E-state index contributed by atoms with van der Waals surface area (Å²) in [5.74, 6) is -0.128. The molecule has 7 nitrogen and oxygen atoms in total. The van der Waals surface area contributed by atoms with Crippen molar-refractivity contribution in [2.75, 3.05) is 11.9 Å². The molecule has 1 aliphatic heterocycles. The van der Waals surface area contributed by atoms with Crippen LogP contribution in [0.4, 0.5) is 5.69 Å². The Morgan fingerprint density at radius 2 is 2.03 bits per heavy atom. The van der Waals surface area contributed by atoms with Crippen LogP contribution in [0, 0.1) is 3.57 Å². The Balaban J connectivity index is 1.76. The molecule has 0 bridgehead atoms. The molecule has 4 rings (SSSR count). The van der Waals surface area contributed by atoms with E-state index < -0.39 is 12.1 Å². The van der Waals surface area contributed by atoms with Gasteiger partial charge in [0.1, 0.15) is 18.5 Å². The zero-order valence-electron chi connectivity index (χ0n) is 16.7. The lowest BCUT2D eigenvalue weighted by molar-refractivity contribution is 0.0490. The monoisotopic (exact) mass is 604 g/mol. The van der Waals surface area contributed by atoms with E-state index in [1.807, 2.05) is 30.3 Å². The number of aromatic nitrogens is 1. The van der Waals surface area contributed by atoms with Crippen LogP contribution in [0.15, 0.2) is 78.1 Å². The Morgan fingerprint density at radius 1 is 1.25 bits per heavy atom. The summed E-state index contributed by atoms with van der Waals surface area (Å²) in [6.45, 7) is 4.02. The number of hydrogen-bond donors (Lipinski definition) is 2. The number of fused-ring (bicyclic) bond motifs is 1. The van der Waals surface area contributed by atoms with E-state index in [0.29, 0.717) is 29.2 Å². The van der Waals surface area contributed by atoms with Gasteiger partial charge < -0.3 is 10.1 Å². The highest BCUT2D eigenvalue weighted by Gasteiger charge is 2.36.